The predicted octanol–water partition coefficient (Wildman–Crippen LogP) is 1.85. The lowest BCUT2D eigenvalue weighted by Gasteiger charge is -2.26. The van der Waals surface area contributed by atoms with E-state index in [0.717, 1.165) is 6.26 Å². The Kier molecular flexibility index (Phi) is 9.47. The minimum absolute atomic E-state index is 0.0199. The van der Waals surface area contributed by atoms with Crippen molar-refractivity contribution in [2.75, 3.05) is 47.7 Å². The van der Waals surface area contributed by atoms with Crippen LogP contribution < -0.4 is 9.47 Å². The number of hydrogen-bond acceptors (Lipinski definition) is 12. The van der Waals surface area contributed by atoms with Crippen LogP contribution in [0.5, 0.6) is 17.5 Å². The van der Waals surface area contributed by atoms with Gasteiger partial charge in [0.1, 0.15) is 5.75 Å². The van der Waals surface area contributed by atoms with E-state index in [9.17, 15) is 28.1 Å². The van der Waals surface area contributed by atoms with E-state index in [1.54, 1.807) is 53.0 Å². The third-order valence-electron chi connectivity index (χ3n) is 5.05. The molecule has 14 nitrogen and oxygen atoms in total. The molecule has 2 rings (SSSR count). The second kappa shape index (κ2) is 11.9. The van der Waals surface area contributed by atoms with Crippen LogP contribution in [0, 0.1) is 10.1 Å². The first-order chi connectivity index (χ1) is 17.2. The first-order valence-corrected chi connectivity index (χ1v) is 12.8. The summed E-state index contributed by atoms with van der Waals surface area (Å²) >= 11 is 0. The highest BCUT2D eigenvalue weighted by Crippen LogP contribution is 2.40. The normalized spacial score (nSPS) is 12.1. The molecule has 15 heteroatoms. The highest BCUT2D eigenvalue weighted by molar-refractivity contribution is 7.90. The molecule has 1 amide bonds. The van der Waals surface area contributed by atoms with Crippen molar-refractivity contribution < 1.29 is 37.1 Å². The lowest BCUT2D eigenvalue weighted by Crippen LogP contribution is -2.26. The van der Waals surface area contributed by atoms with Gasteiger partial charge in [-0.25, -0.2) is 13.2 Å². The first-order valence-electron chi connectivity index (χ1n) is 10.9. The van der Waals surface area contributed by atoms with Gasteiger partial charge in [-0.15, -0.1) is 0 Å². The van der Waals surface area contributed by atoms with Gasteiger partial charge in [-0.2, -0.15) is 9.97 Å². The molecule has 0 aliphatic rings. The van der Waals surface area contributed by atoms with Gasteiger partial charge in [0, 0.05) is 37.5 Å². The van der Waals surface area contributed by atoms with E-state index < -0.39 is 56.0 Å². The van der Waals surface area contributed by atoms with Gasteiger partial charge in [0.25, 0.3) is 11.1 Å². The maximum absolute atomic E-state index is 12.9. The topological polar surface area (TPSA) is 171 Å². The van der Waals surface area contributed by atoms with E-state index in [4.69, 9.17) is 14.2 Å². The molecule has 1 atom stereocenters. The third kappa shape index (κ3) is 7.10. The van der Waals surface area contributed by atoms with Crippen LogP contribution in [0.3, 0.4) is 0 Å². The van der Waals surface area contributed by atoms with E-state index >= 15 is 0 Å². The molecule has 1 unspecified atom stereocenters. The Balaban J connectivity index is 2.78. The maximum Gasteiger partial charge on any atom is 0.392 e. The minimum atomic E-state index is -4.09. The largest absolute Gasteiger partial charge is 0.463 e. The number of hydrogen-bond donors (Lipinski definition) is 0. The van der Waals surface area contributed by atoms with Crippen LogP contribution in [0.1, 0.15) is 35.8 Å². The fraction of sp³-hybridized carbons (Fsp3) is 0.455. The molecular formula is C22H29N5O9S. The van der Waals surface area contributed by atoms with Gasteiger partial charge < -0.3 is 24.0 Å². The smallest absolute Gasteiger partial charge is 0.392 e. The minimum Gasteiger partial charge on any atom is -0.463 e. The first kappa shape index (κ1) is 29.4. The Morgan fingerprint density at radius 2 is 1.76 bits per heavy atom. The van der Waals surface area contributed by atoms with Crippen molar-refractivity contribution in [1.29, 1.82) is 0 Å². The number of ether oxygens (including phenoxy) is 3. The zero-order chi connectivity index (χ0) is 28.1. The Bertz CT molecular complexity index is 1300. The van der Waals surface area contributed by atoms with Crippen LogP contribution in [0.2, 0.25) is 0 Å². The van der Waals surface area contributed by atoms with Crippen molar-refractivity contribution in [3.05, 3.63) is 39.4 Å². The Labute approximate surface area is 214 Å². The predicted molar refractivity (Wildman–Crippen MR) is 131 cm³/mol. The molecule has 0 radical (unpaired) electrons. The number of carbonyl (C=O) groups excluding carboxylic acids is 2. The molecule has 1 aromatic heterocycles. The van der Waals surface area contributed by atoms with Crippen molar-refractivity contribution in [1.82, 2.24) is 19.8 Å². The van der Waals surface area contributed by atoms with E-state index in [0.29, 0.717) is 5.56 Å². The van der Waals surface area contributed by atoms with Crippen LogP contribution in [0.25, 0.3) is 0 Å². The standard InChI is InChI=1S/C22H29N5O9S/c1-8-34-16(28)12-35-19-18(27(30)31)20(24-22(23-19)37(7,32)33)36-15-11-9-10-14(21(29)26(5)6)17(15)13(2)25(3)4/h9-11,13H,8,12H2,1-7H3. The second-order valence-corrected chi connectivity index (χ2v) is 10.2. The number of carbonyl (C=O) groups is 2. The summed E-state index contributed by atoms with van der Waals surface area (Å²) in [5.74, 6) is -2.73. The number of benzene rings is 1. The Morgan fingerprint density at radius 3 is 2.27 bits per heavy atom. The molecule has 0 bridgehead atoms. The summed E-state index contributed by atoms with van der Waals surface area (Å²) in [6.07, 6.45) is 0.795. The van der Waals surface area contributed by atoms with Gasteiger partial charge in [-0.05, 0) is 40.1 Å². The van der Waals surface area contributed by atoms with E-state index in [1.807, 2.05) is 0 Å². The van der Waals surface area contributed by atoms with E-state index in [1.165, 1.54) is 17.0 Å². The summed E-state index contributed by atoms with van der Waals surface area (Å²) in [4.78, 5) is 46.3. The van der Waals surface area contributed by atoms with Crippen molar-refractivity contribution in [2.45, 2.75) is 25.0 Å². The fourth-order valence-corrected chi connectivity index (χ4v) is 3.57. The summed E-state index contributed by atoms with van der Waals surface area (Å²) in [5.41, 5.74) is -0.263. The molecule has 0 saturated heterocycles. The van der Waals surface area contributed by atoms with Crippen molar-refractivity contribution in [3.63, 3.8) is 0 Å². The molecule has 0 fully saturated rings. The molecule has 37 heavy (non-hydrogen) atoms. The van der Waals surface area contributed by atoms with Crippen molar-refractivity contribution in [3.8, 4) is 17.5 Å². The number of sulfone groups is 1. The van der Waals surface area contributed by atoms with Crippen LogP contribution in [0.15, 0.2) is 23.4 Å². The van der Waals surface area contributed by atoms with E-state index in [2.05, 4.69) is 9.97 Å². The molecule has 202 valence electrons. The number of amides is 1. The Hall–Kier alpha value is -3.85. The molecule has 0 aliphatic heterocycles. The van der Waals surface area contributed by atoms with Crippen LogP contribution in [0.4, 0.5) is 5.69 Å². The van der Waals surface area contributed by atoms with Crippen molar-refractivity contribution >= 4 is 27.4 Å². The highest BCUT2D eigenvalue weighted by Gasteiger charge is 2.33. The van der Waals surface area contributed by atoms with Crippen LogP contribution in [-0.2, 0) is 19.4 Å². The van der Waals surface area contributed by atoms with Gasteiger partial charge in [-0.1, -0.05) is 6.07 Å². The number of aromatic nitrogens is 2. The van der Waals surface area contributed by atoms with Gasteiger partial charge in [-0.3, -0.25) is 14.9 Å². The molecule has 1 heterocycles. The highest BCUT2D eigenvalue weighted by atomic mass is 32.2. The molecule has 0 spiro atoms. The van der Waals surface area contributed by atoms with E-state index in [-0.39, 0.29) is 23.8 Å². The fourth-order valence-electron chi connectivity index (χ4n) is 3.07. The molecule has 0 saturated carbocycles. The molecule has 0 aliphatic carbocycles. The van der Waals surface area contributed by atoms with Crippen LogP contribution >= 0.6 is 0 Å². The molecule has 1 aromatic carbocycles. The van der Waals surface area contributed by atoms with Crippen molar-refractivity contribution in [2.24, 2.45) is 0 Å². The SMILES string of the molecule is CCOC(=O)COc1nc(S(C)(=O)=O)nc(Oc2cccc(C(=O)N(C)C)c2C(C)N(C)C)c1[N+](=O)[O-]. The average Bonchev–Trinajstić information content (AvgIpc) is 2.80. The second-order valence-electron chi connectivity index (χ2n) is 8.25. The zero-order valence-corrected chi connectivity index (χ0v) is 22.4. The quantitative estimate of drug-likeness (QED) is 0.176. The van der Waals surface area contributed by atoms with Gasteiger partial charge in [0.15, 0.2) is 6.61 Å². The summed E-state index contributed by atoms with van der Waals surface area (Å²) < 4.78 is 40.2. The summed E-state index contributed by atoms with van der Waals surface area (Å²) in [5, 5.41) is 11.2. The molecule has 0 N–H and O–H groups in total. The number of rotatable bonds is 11. The Morgan fingerprint density at radius 1 is 1.14 bits per heavy atom. The monoisotopic (exact) mass is 539 g/mol. The zero-order valence-electron chi connectivity index (χ0n) is 21.5. The molecule has 2 aromatic rings. The summed E-state index contributed by atoms with van der Waals surface area (Å²) in [7, 11) is 2.58. The number of nitrogens with zero attached hydrogens (tertiary/aromatic N) is 5. The number of esters is 1. The lowest BCUT2D eigenvalue weighted by molar-refractivity contribution is -0.387. The van der Waals surface area contributed by atoms with Gasteiger partial charge in [0.05, 0.1) is 11.5 Å². The van der Waals surface area contributed by atoms with Gasteiger partial charge in [0.2, 0.25) is 9.84 Å². The maximum atomic E-state index is 12.9. The average molecular weight is 540 g/mol. The number of nitro groups is 1. The molecular weight excluding hydrogens is 510 g/mol. The summed E-state index contributed by atoms with van der Waals surface area (Å²) in [6.45, 7) is 2.61. The lowest BCUT2D eigenvalue weighted by atomic mass is 9.98. The van der Waals surface area contributed by atoms with Gasteiger partial charge >= 0.3 is 23.4 Å². The third-order valence-corrected chi connectivity index (χ3v) is 5.89. The van der Waals surface area contributed by atoms with Crippen LogP contribution in [-0.4, -0.2) is 92.6 Å². The summed E-state index contributed by atoms with van der Waals surface area (Å²) in [6, 6.07) is 4.15.